The first-order valence-electron chi connectivity index (χ1n) is 7.67. The molecular formula is C19H18N2O. The summed E-state index contributed by atoms with van der Waals surface area (Å²) in [6.45, 7) is 0. The van der Waals surface area contributed by atoms with Crippen LogP contribution in [0.3, 0.4) is 0 Å². The van der Waals surface area contributed by atoms with Crippen molar-refractivity contribution in [3.05, 3.63) is 71.4 Å². The molecule has 0 bridgehead atoms. The predicted molar refractivity (Wildman–Crippen MR) is 87.9 cm³/mol. The van der Waals surface area contributed by atoms with E-state index in [1.54, 1.807) is 0 Å². The summed E-state index contributed by atoms with van der Waals surface area (Å²) in [7, 11) is 1.90. The number of aromatic amines is 1. The molecule has 0 radical (unpaired) electrons. The Bertz CT molecular complexity index is 816. The van der Waals surface area contributed by atoms with Crippen LogP contribution in [0.25, 0.3) is 10.9 Å². The molecule has 1 atom stereocenters. The quantitative estimate of drug-likeness (QED) is 0.762. The van der Waals surface area contributed by atoms with E-state index in [1.807, 2.05) is 42.3 Å². The first-order valence-corrected chi connectivity index (χ1v) is 7.67. The lowest BCUT2D eigenvalue weighted by Gasteiger charge is -2.25. The van der Waals surface area contributed by atoms with E-state index in [1.165, 1.54) is 11.1 Å². The Morgan fingerprint density at radius 2 is 1.91 bits per heavy atom. The van der Waals surface area contributed by atoms with Gasteiger partial charge in [-0.1, -0.05) is 42.5 Å². The van der Waals surface area contributed by atoms with Gasteiger partial charge in [0, 0.05) is 18.0 Å². The number of nitrogens with one attached hydrogen (secondary N) is 1. The van der Waals surface area contributed by atoms with Gasteiger partial charge in [-0.25, -0.2) is 0 Å². The number of carbonyl (C=O) groups is 1. The first-order chi connectivity index (χ1) is 10.7. The number of hydrogen-bond acceptors (Lipinski definition) is 1. The number of benzene rings is 2. The lowest BCUT2D eigenvalue weighted by Crippen LogP contribution is -2.30. The van der Waals surface area contributed by atoms with E-state index in [0.717, 1.165) is 23.7 Å². The molecule has 3 nitrogen and oxygen atoms in total. The van der Waals surface area contributed by atoms with Crippen molar-refractivity contribution < 1.29 is 4.79 Å². The second-order valence-corrected chi connectivity index (χ2v) is 5.94. The standard InChI is InChI=1S/C19H18N2O/c1-21(18-11-10-13-6-2-4-8-15(13)18)19(22)17-12-14-7-3-5-9-16(14)20-17/h2-9,12,18,20H,10-11H2,1H3/t18-/m0/s1. The third kappa shape index (κ3) is 2.01. The highest BCUT2D eigenvalue weighted by Gasteiger charge is 2.29. The molecule has 3 aromatic rings. The summed E-state index contributed by atoms with van der Waals surface area (Å²) in [5.41, 5.74) is 4.32. The number of amides is 1. The average Bonchev–Trinajstić information content (AvgIpc) is 3.17. The van der Waals surface area contributed by atoms with E-state index in [2.05, 4.69) is 29.2 Å². The summed E-state index contributed by atoms with van der Waals surface area (Å²) in [5, 5.41) is 1.08. The maximum atomic E-state index is 12.8. The fourth-order valence-electron chi connectivity index (χ4n) is 3.46. The SMILES string of the molecule is CN(C(=O)c1cc2ccccc2[nH]1)[C@H]1CCc2ccccc21. The number of para-hydroxylation sites is 1. The summed E-state index contributed by atoms with van der Waals surface area (Å²) in [6, 6.07) is 18.5. The number of carbonyl (C=O) groups excluding carboxylic acids is 1. The fourth-order valence-corrected chi connectivity index (χ4v) is 3.46. The van der Waals surface area contributed by atoms with Crippen molar-refractivity contribution in [2.75, 3.05) is 7.05 Å². The highest BCUT2D eigenvalue weighted by atomic mass is 16.2. The highest BCUT2D eigenvalue weighted by molar-refractivity contribution is 5.98. The van der Waals surface area contributed by atoms with Gasteiger partial charge in [-0.3, -0.25) is 4.79 Å². The van der Waals surface area contributed by atoms with E-state index in [4.69, 9.17) is 0 Å². The summed E-state index contributed by atoms with van der Waals surface area (Å²) in [5.74, 6) is 0.0536. The van der Waals surface area contributed by atoms with Gasteiger partial charge >= 0.3 is 0 Å². The van der Waals surface area contributed by atoms with Crippen LogP contribution in [-0.4, -0.2) is 22.8 Å². The Kier molecular flexibility index (Phi) is 3.00. The van der Waals surface area contributed by atoms with Gasteiger partial charge in [0.05, 0.1) is 6.04 Å². The van der Waals surface area contributed by atoms with Crippen LogP contribution >= 0.6 is 0 Å². The van der Waals surface area contributed by atoms with Crippen molar-refractivity contribution in [2.45, 2.75) is 18.9 Å². The highest BCUT2D eigenvalue weighted by Crippen LogP contribution is 2.35. The van der Waals surface area contributed by atoms with Crippen LogP contribution in [0.15, 0.2) is 54.6 Å². The van der Waals surface area contributed by atoms with E-state index in [9.17, 15) is 4.79 Å². The van der Waals surface area contributed by atoms with E-state index < -0.39 is 0 Å². The van der Waals surface area contributed by atoms with Crippen LogP contribution in [0.4, 0.5) is 0 Å². The van der Waals surface area contributed by atoms with Crippen LogP contribution in [0, 0.1) is 0 Å². The molecule has 2 aromatic carbocycles. The fraction of sp³-hybridized carbons (Fsp3) is 0.211. The average molecular weight is 290 g/mol. The molecular weight excluding hydrogens is 272 g/mol. The summed E-state index contributed by atoms with van der Waals surface area (Å²) >= 11 is 0. The second-order valence-electron chi connectivity index (χ2n) is 5.94. The van der Waals surface area contributed by atoms with Crippen LogP contribution in [0.2, 0.25) is 0 Å². The van der Waals surface area contributed by atoms with Crippen molar-refractivity contribution in [1.82, 2.24) is 9.88 Å². The van der Waals surface area contributed by atoms with Crippen molar-refractivity contribution >= 4 is 16.8 Å². The minimum absolute atomic E-state index is 0.0536. The van der Waals surface area contributed by atoms with Crippen LogP contribution < -0.4 is 0 Å². The molecule has 1 aromatic heterocycles. The van der Waals surface area contributed by atoms with Crippen LogP contribution in [-0.2, 0) is 6.42 Å². The topological polar surface area (TPSA) is 36.1 Å². The Labute approximate surface area is 129 Å². The number of aryl methyl sites for hydroxylation is 1. The Morgan fingerprint density at radius 1 is 1.14 bits per heavy atom. The van der Waals surface area contributed by atoms with Crippen molar-refractivity contribution in [2.24, 2.45) is 0 Å². The second kappa shape index (κ2) is 5.02. The number of fused-ring (bicyclic) bond motifs is 2. The molecule has 0 saturated carbocycles. The maximum Gasteiger partial charge on any atom is 0.270 e. The summed E-state index contributed by atoms with van der Waals surface area (Å²) in [4.78, 5) is 17.9. The van der Waals surface area contributed by atoms with E-state index in [0.29, 0.717) is 5.69 Å². The van der Waals surface area contributed by atoms with Gasteiger partial charge in [0.15, 0.2) is 0 Å². The third-order valence-corrected chi connectivity index (χ3v) is 4.65. The number of rotatable bonds is 2. The largest absolute Gasteiger partial charge is 0.351 e. The molecule has 1 aliphatic carbocycles. The molecule has 110 valence electrons. The molecule has 3 heteroatoms. The molecule has 4 rings (SSSR count). The zero-order valence-electron chi connectivity index (χ0n) is 12.5. The molecule has 1 heterocycles. The van der Waals surface area contributed by atoms with Crippen LogP contribution in [0.1, 0.15) is 34.1 Å². The lowest BCUT2D eigenvalue weighted by molar-refractivity contribution is 0.0725. The number of hydrogen-bond donors (Lipinski definition) is 1. The van der Waals surface area contributed by atoms with Gasteiger partial charge in [-0.15, -0.1) is 0 Å². The minimum Gasteiger partial charge on any atom is -0.351 e. The molecule has 1 aliphatic rings. The van der Waals surface area contributed by atoms with Gasteiger partial charge in [0.2, 0.25) is 0 Å². The normalized spacial score (nSPS) is 16.7. The molecule has 0 saturated heterocycles. The smallest absolute Gasteiger partial charge is 0.270 e. The molecule has 0 unspecified atom stereocenters. The Morgan fingerprint density at radius 3 is 2.77 bits per heavy atom. The van der Waals surface area contributed by atoms with Crippen molar-refractivity contribution in [3.63, 3.8) is 0 Å². The molecule has 0 spiro atoms. The van der Waals surface area contributed by atoms with Gasteiger partial charge < -0.3 is 9.88 Å². The zero-order chi connectivity index (χ0) is 15.1. The Hall–Kier alpha value is -2.55. The van der Waals surface area contributed by atoms with Crippen LogP contribution in [0.5, 0.6) is 0 Å². The molecule has 0 fully saturated rings. The number of aromatic nitrogens is 1. The molecule has 22 heavy (non-hydrogen) atoms. The first kappa shape index (κ1) is 13.1. The summed E-state index contributed by atoms with van der Waals surface area (Å²) < 4.78 is 0. The molecule has 1 N–H and O–H groups in total. The monoisotopic (exact) mass is 290 g/mol. The van der Waals surface area contributed by atoms with Crippen molar-refractivity contribution in [3.8, 4) is 0 Å². The number of nitrogens with zero attached hydrogens (tertiary/aromatic N) is 1. The van der Waals surface area contributed by atoms with E-state index in [-0.39, 0.29) is 11.9 Å². The Balaban J connectivity index is 1.65. The zero-order valence-corrected chi connectivity index (χ0v) is 12.5. The maximum absolute atomic E-state index is 12.8. The van der Waals surface area contributed by atoms with Gasteiger partial charge in [0.25, 0.3) is 5.91 Å². The molecule has 1 amide bonds. The lowest BCUT2D eigenvalue weighted by atomic mass is 10.1. The number of H-pyrrole nitrogens is 1. The van der Waals surface area contributed by atoms with Crippen molar-refractivity contribution in [1.29, 1.82) is 0 Å². The summed E-state index contributed by atoms with van der Waals surface area (Å²) in [6.07, 6.45) is 2.05. The van der Waals surface area contributed by atoms with Gasteiger partial charge in [0.1, 0.15) is 5.69 Å². The van der Waals surface area contributed by atoms with Gasteiger partial charge in [-0.05, 0) is 36.1 Å². The predicted octanol–water partition coefficient (Wildman–Crippen LogP) is 3.93. The third-order valence-electron chi connectivity index (χ3n) is 4.65. The minimum atomic E-state index is 0.0536. The molecule has 0 aliphatic heterocycles. The van der Waals surface area contributed by atoms with E-state index >= 15 is 0 Å². The van der Waals surface area contributed by atoms with Gasteiger partial charge in [-0.2, -0.15) is 0 Å².